The number of imide groups is 1. The van der Waals surface area contributed by atoms with Gasteiger partial charge in [-0.3, -0.25) is 34.6 Å². The SMILES string of the molecule is C[C@H](CC1CCC(Oc2cccc(-c3ccc(N4CCc5cccc(C(=O)Nc6nc7ccccc7s6)c5C4)nc3C(=O)OC(C)(C)C)c2C(F)(F)F)CC1)CN1CCN(c2cccc3c(C4CCC(=O)NC4=O)nn(C)c23)CC1. The van der Waals surface area contributed by atoms with Crippen LogP contribution in [0, 0.1) is 11.8 Å². The van der Waals surface area contributed by atoms with Gasteiger partial charge in [-0.2, -0.15) is 18.3 Å². The lowest BCUT2D eigenvalue weighted by molar-refractivity contribution is -0.139. The third-order valence-corrected chi connectivity index (χ3v) is 16.9. The van der Waals surface area contributed by atoms with Crippen molar-refractivity contribution >= 4 is 72.8 Å². The molecule has 6 heterocycles. The van der Waals surface area contributed by atoms with Crippen LogP contribution in [0.4, 0.5) is 29.8 Å². The quantitative estimate of drug-likeness (QED) is 0.0831. The number of esters is 1. The van der Waals surface area contributed by atoms with E-state index in [1.165, 1.54) is 35.6 Å². The molecule has 2 saturated heterocycles. The van der Waals surface area contributed by atoms with E-state index >= 15 is 13.2 Å². The van der Waals surface area contributed by atoms with Gasteiger partial charge in [0.1, 0.15) is 22.7 Å². The van der Waals surface area contributed by atoms with Gasteiger partial charge in [-0.15, -0.1) is 0 Å². The Kier molecular flexibility index (Phi) is 15.2. The first-order chi connectivity index (χ1) is 38.3. The number of carbonyl (C=O) groups is 4. The summed E-state index contributed by atoms with van der Waals surface area (Å²) in [6.45, 7) is 12.5. The summed E-state index contributed by atoms with van der Waals surface area (Å²) in [4.78, 5) is 68.8. The molecule has 418 valence electrons. The van der Waals surface area contributed by atoms with Crippen LogP contribution in [0.3, 0.4) is 0 Å². The Labute approximate surface area is 466 Å². The molecule has 1 aliphatic carbocycles. The van der Waals surface area contributed by atoms with Crippen molar-refractivity contribution < 1.29 is 41.8 Å². The van der Waals surface area contributed by atoms with E-state index in [1.54, 1.807) is 32.9 Å². The van der Waals surface area contributed by atoms with E-state index in [4.69, 9.17) is 19.6 Å². The Morgan fingerprint density at radius 3 is 2.34 bits per heavy atom. The number of piperidine rings is 1. The molecule has 0 radical (unpaired) electrons. The zero-order valence-corrected chi connectivity index (χ0v) is 46.5. The number of pyridine rings is 1. The number of hydrogen-bond donors (Lipinski definition) is 2. The van der Waals surface area contributed by atoms with E-state index in [1.807, 2.05) is 65.2 Å². The van der Waals surface area contributed by atoms with Gasteiger partial charge in [-0.1, -0.05) is 66.8 Å². The second-order valence-electron chi connectivity index (χ2n) is 22.9. The zero-order chi connectivity index (χ0) is 56.0. The van der Waals surface area contributed by atoms with Crippen LogP contribution in [0.25, 0.3) is 32.2 Å². The highest BCUT2D eigenvalue weighted by molar-refractivity contribution is 7.22. The molecular weight excluding hydrogens is 1040 g/mol. The van der Waals surface area contributed by atoms with Crippen molar-refractivity contribution in [1.29, 1.82) is 0 Å². The number of fused-ring (bicyclic) bond motifs is 3. The van der Waals surface area contributed by atoms with Gasteiger partial charge in [-0.05, 0) is 131 Å². The molecule has 2 atom stereocenters. The number of thiazole rings is 1. The fourth-order valence-electron chi connectivity index (χ4n) is 12.3. The number of ether oxygens (including phenoxy) is 2. The molecule has 0 spiro atoms. The van der Waals surface area contributed by atoms with Crippen molar-refractivity contribution in [2.45, 2.75) is 109 Å². The molecule has 4 aromatic carbocycles. The minimum absolute atomic E-state index is 0.0282. The number of alkyl halides is 3. The third-order valence-electron chi connectivity index (χ3n) is 16.0. The number of para-hydroxylation sites is 2. The number of nitrogens with zero attached hydrogens (tertiary/aromatic N) is 7. The average molecular weight is 1110 g/mol. The number of aryl methyl sites for hydroxylation is 1. The van der Waals surface area contributed by atoms with Crippen LogP contribution in [0.2, 0.25) is 0 Å². The normalized spacial score (nSPS) is 19.7. The first-order valence-corrected chi connectivity index (χ1v) is 28.6. The van der Waals surface area contributed by atoms with Crippen LogP contribution < -0.4 is 25.2 Å². The molecule has 2 N–H and O–H groups in total. The lowest BCUT2D eigenvalue weighted by atomic mass is 9.82. The van der Waals surface area contributed by atoms with Crippen LogP contribution in [0.5, 0.6) is 5.75 Å². The Morgan fingerprint density at radius 2 is 1.59 bits per heavy atom. The van der Waals surface area contributed by atoms with Gasteiger partial charge in [0.15, 0.2) is 10.8 Å². The fourth-order valence-corrected chi connectivity index (χ4v) is 13.1. The largest absolute Gasteiger partial charge is 0.490 e. The standard InChI is InChI=1S/C61H66F3N9O6S/c1-36(34-71-29-31-72(32-30-71)47-16-9-14-43-53(69-70(5)55(43)47)44-24-26-51(74)67-57(44)76)33-37-19-21-39(22-20-37)78-48-17-10-12-40(52(48)61(62,63)64)41-23-25-50(66-54(41)58(77)79-60(2,3)4)73-28-27-38-11-8-13-42(45(38)35-73)56(75)68-59-65-46-15-6-7-18-49(46)80-59/h6-18,23,25,36-37,39,44H,19-22,24,26-35H2,1-5H3,(H,65,68,75)(H,67,74,76)/t36-,37?,39?,44?/m1/s1. The fraction of sp³-hybridized carbons (Fsp3) is 0.426. The highest BCUT2D eigenvalue weighted by Gasteiger charge is 2.40. The van der Waals surface area contributed by atoms with Gasteiger partial charge in [0.2, 0.25) is 11.8 Å². The van der Waals surface area contributed by atoms with Crippen LogP contribution in [0.1, 0.15) is 122 Å². The molecule has 11 rings (SSSR count). The summed E-state index contributed by atoms with van der Waals surface area (Å²) in [6, 6.07) is 26.7. The smallest absolute Gasteiger partial charge is 0.420 e. The first kappa shape index (κ1) is 54.6. The maximum absolute atomic E-state index is 15.5. The van der Waals surface area contributed by atoms with E-state index in [0.717, 1.165) is 89.9 Å². The predicted molar refractivity (Wildman–Crippen MR) is 303 cm³/mol. The van der Waals surface area contributed by atoms with E-state index in [9.17, 15) is 19.2 Å². The number of piperazine rings is 1. The summed E-state index contributed by atoms with van der Waals surface area (Å²) in [7, 11) is 1.91. The molecule has 3 fully saturated rings. The highest BCUT2D eigenvalue weighted by Crippen LogP contribution is 2.46. The van der Waals surface area contributed by atoms with Gasteiger partial charge < -0.3 is 19.3 Å². The maximum Gasteiger partial charge on any atom is 0.420 e. The van der Waals surface area contributed by atoms with Crippen molar-refractivity contribution in [2.24, 2.45) is 18.9 Å². The molecule has 15 nitrogen and oxygen atoms in total. The third kappa shape index (κ3) is 11.6. The molecule has 80 heavy (non-hydrogen) atoms. The number of rotatable bonds is 13. The second kappa shape index (κ2) is 22.3. The van der Waals surface area contributed by atoms with Crippen molar-refractivity contribution in [1.82, 2.24) is 30.0 Å². The zero-order valence-electron chi connectivity index (χ0n) is 45.7. The van der Waals surface area contributed by atoms with Crippen molar-refractivity contribution in [2.75, 3.05) is 54.4 Å². The van der Waals surface area contributed by atoms with Crippen LogP contribution in [-0.2, 0) is 40.5 Å². The van der Waals surface area contributed by atoms with Gasteiger partial charge in [0.05, 0.1) is 39.1 Å². The van der Waals surface area contributed by atoms with Crippen LogP contribution in [-0.4, -0.2) is 99.3 Å². The van der Waals surface area contributed by atoms with E-state index in [-0.39, 0.29) is 46.8 Å². The minimum Gasteiger partial charge on any atom is -0.490 e. The second-order valence-corrected chi connectivity index (χ2v) is 23.9. The lowest BCUT2D eigenvalue weighted by Crippen LogP contribution is -2.47. The lowest BCUT2D eigenvalue weighted by Gasteiger charge is -2.38. The summed E-state index contributed by atoms with van der Waals surface area (Å²) < 4.78 is 61.6. The van der Waals surface area contributed by atoms with Crippen molar-refractivity contribution in [3.8, 4) is 16.9 Å². The molecule has 1 saturated carbocycles. The van der Waals surface area contributed by atoms with E-state index in [2.05, 4.69) is 38.4 Å². The average Bonchev–Trinajstić information content (AvgIpc) is 4.01. The number of benzene rings is 4. The molecule has 7 aromatic rings. The van der Waals surface area contributed by atoms with E-state index < -0.39 is 35.3 Å². The van der Waals surface area contributed by atoms with Gasteiger partial charge in [-0.25, -0.2) is 14.8 Å². The first-order valence-electron chi connectivity index (χ1n) is 27.7. The molecular formula is C61H66F3N9O6S. The number of hydrogen-bond acceptors (Lipinski definition) is 13. The number of halogens is 3. The Hall–Kier alpha value is -7.38. The number of anilines is 3. The molecule has 3 aromatic heterocycles. The molecule has 1 unspecified atom stereocenters. The van der Waals surface area contributed by atoms with Crippen LogP contribution >= 0.6 is 11.3 Å². The van der Waals surface area contributed by atoms with E-state index in [0.29, 0.717) is 72.7 Å². The molecule has 3 amide bonds. The summed E-state index contributed by atoms with van der Waals surface area (Å²) in [5.74, 6) is -1.28. The topological polar surface area (TPSA) is 164 Å². The predicted octanol–water partition coefficient (Wildman–Crippen LogP) is 11.3. The summed E-state index contributed by atoms with van der Waals surface area (Å²) in [6.07, 6.45) is -0.0506. The Bertz CT molecular complexity index is 3470. The Morgan fingerprint density at radius 1 is 0.825 bits per heavy atom. The summed E-state index contributed by atoms with van der Waals surface area (Å²) >= 11 is 1.38. The number of aromatic nitrogens is 4. The summed E-state index contributed by atoms with van der Waals surface area (Å²) in [5.41, 5.74) is 3.33. The van der Waals surface area contributed by atoms with Crippen molar-refractivity contribution in [3.63, 3.8) is 0 Å². The number of nitrogens with one attached hydrogen (secondary N) is 2. The van der Waals surface area contributed by atoms with Crippen LogP contribution in [0.15, 0.2) is 91.0 Å². The minimum atomic E-state index is -4.85. The number of carbonyl (C=O) groups excluding carboxylic acids is 4. The molecule has 3 aliphatic heterocycles. The highest BCUT2D eigenvalue weighted by atomic mass is 32.1. The van der Waals surface area contributed by atoms with Gasteiger partial charge in [0.25, 0.3) is 5.91 Å². The van der Waals surface area contributed by atoms with Crippen molar-refractivity contribution in [3.05, 3.63) is 125 Å². The van der Waals surface area contributed by atoms with Gasteiger partial charge >= 0.3 is 12.1 Å². The molecule has 19 heteroatoms. The molecule has 4 aliphatic rings. The number of amides is 3. The molecule has 0 bridgehead atoms. The van der Waals surface area contributed by atoms with Gasteiger partial charge in [0, 0.05) is 81.4 Å². The monoisotopic (exact) mass is 1110 g/mol. The maximum atomic E-state index is 15.5. The summed E-state index contributed by atoms with van der Waals surface area (Å²) in [5, 5.41) is 11.6. The Balaban J connectivity index is 0.739.